The van der Waals surface area contributed by atoms with E-state index in [-0.39, 0.29) is 30.8 Å². The number of rotatable bonds is 6. The van der Waals surface area contributed by atoms with E-state index in [2.05, 4.69) is 15.7 Å². The van der Waals surface area contributed by atoms with Gasteiger partial charge in [-0.15, -0.1) is 12.4 Å². The van der Waals surface area contributed by atoms with E-state index in [0.29, 0.717) is 17.5 Å². The van der Waals surface area contributed by atoms with Crippen molar-refractivity contribution >= 4 is 24.2 Å². The van der Waals surface area contributed by atoms with Crippen molar-refractivity contribution in [2.24, 2.45) is 5.92 Å². The molecule has 1 aliphatic carbocycles. The second-order valence-electron chi connectivity index (χ2n) is 7.29. The van der Waals surface area contributed by atoms with Gasteiger partial charge >= 0.3 is 0 Å². The summed E-state index contributed by atoms with van der Waals surface area (Å²) < 4.78 is 1.56. The zero-order valence-electron chi connectivity index (χ0n) is 15.4. The number of nitrogens with zero attached hydrogens (tertiary/aromatic N) is 3. The fraction of sp³-hybridized carbons (Fsp3) is 0.722. The molecule has 2 amide bonds. The van der Waals surface area contributed by atoms with Crippen LogP contribution in [0.5, 0.6) is 0 Å². The molecule has 1 atom stereocenters. The van der Waals surface area contributed by atoms with Gasteiger partial charge in [0.2, 0.25) is 5.91 Å². The molecule has 0 spiro atoms. The Hall–Kier alpha value is -1.60. The molecule has 1 aliphatic heterocycles. The summed E-state index contributed by atoms with van der Waals surface area (Å²) in [6.45, 7) is 2.68. The minimum Gasteiger partial charge on any atom is -0.352 e. The van der Waals surface area contributed by atoms with Gasteiger partial charge in [-0.05, 0) is 38.8 Å². The summed E-state index contributed by atoms with van der Waals surface area (Å²) in [7, 11) is 1.94. The highest BCUT2D eigenvalue weighted by molar-refractivity contribution is 5.94. The molecule has 7 nitrogen and oxygen atoms in total. The van der Waals surface area contributed by atoms with Crippen molar-refractivity contribution in [3.05, 3.63) is 18.0 Å². The molecule has 1 unspecified atom stereocenters. The lowest BCUT2D eigenvalue weighted by atomic mass is 9.95. The lowest BCUT2D eigenvalue weighted by molar-refractivity contribution is -0.122. The van der Waals surface area contributed by atoms with Crippen molar-refractivity contribution in [3.63, 3.8) is 0 Å². The molecule has 0 bridgehead atoms. The predicted octanol–water partition coefficient (Wildman–Crippen LogP) is 1.44. The first kappa shape index (κ1) is 20.7. The van der Waals surface area contributed by atoms with Gasteiger partial charge in [-0.25, -0.2) is 0 Å². The second-order valence-corrected chi connectivity index (χ2v) is 7.29. The third-order valence-corrected chi connectivity index (χ3v) is 5.22. The predicted molar refractivity (Wildman–Crippen MR) is 102 cm³/mol. The van der Waals surface area contributed by atoms with Crippen LogP contribution in [0.25, 0.3) is 0 Å². The smallest absolute Gasteiger partial charge is 0.257 e. The average molecular weight is 384 g/mol. The maximum absolute atomic E-state index is 12.6. The Bertz CT molecular complexity index is 600. The molecule has 2 fully saturated rings. The highest BCUT2D eigenvalue weighted by atomic mass is 35.5. The summed E-state index contributed by atoms with van der Waals surface area (Å²) >= 11 is 0. The molecule has 2 aliphatic rings. The van der Waals surface area contributed by atoms with Crippen molar-refractivity contribution in [2.75, 3.05) is 26.7 Å². The molecule has 0 radical (unpaired) electrons. The standard InChI is InChI=1S/C18H29N5O2.ClH/c1-19-9-14-7-8-22(11-14)18(25)15-10-20-23(12-15)13-17(24)21-16-5-3-2-4-6-16;/h10,12,14,16,19H,2-9,11,13H2,1H3,(H,21,24);1H. The van der Waals surface area contributed by atoms with E-state index in [9.17, 15) is 9.59 Å². The van der Waals surface area contributed by atoms with Crippen LogP contribution in [0.3, 0.4) is 0 Å². The number of likely N-dealkylation sites (tertiary alicyclic amines) is 1. The molecule has 146 valence electrons. The van der Waals surface area contributed by atoms with Crippen molar-refractivity contribution in [1.82, 2.24) is 25.3 Å². The SMILES string of the molecule is CNCC1CCN(C(=O)c2cnn(CC(=O)NC3CCCCC3)c2)C1.Cl. The molecule has 1 aromatic rings. The number of hydrogen-bond acceptors (Lipinski definition) is 4. The van der Waals surface area contributed by atoms with Gasteiger partial charge < -0.3 is 15.5 Å². The zero-order valence-corrected chi connectivity index (χ0v) is 16.3. The Labute approximate surface area is 161 Å². The van der Waals surface area contributed by atoms with Gasteiger partial charge in [-0.2, -0.15) is 5.10 Å². The van der Waals surface area contributed by atoms with Gasteiger partial charge in [0, 0.05) is 25.3 Å². The average Bonchev–Trinajstić information content (AvgIpc) is 3.25. The molecule has 1 saturated heterocycles. The van der Waals surface area contributed by atoms with Gasteiger partial charge in [-0.1, -0.05) is 19.3 Å². The number of carbonyl (C=O) groups is 2. The van der Waals surface area contributed by atoms with Gasteiger partial charge in [-0.3, -0.25) is 14.3 Å². The summed E-state index contributed by atoms with van der Waals surface area (Å²) in [5.41, 5.74) is 0.565. The molecule has 1 saturated carbocycles. The van der Waals surface area contributed by atoms with Crippen LogP contribution < -0.4 is 10.6 Å². The van der Waals surface area contributed by atoms with E-state index in [1.807, 2.05) is 11.9 Å². The van der Waals surface area contributed by atoms with Gasteiger partial charge in [0.1, 0.15) is 6.54 Å². The second kappa shape index (κ2) is 9.92. The number of hydrogen-bond donors (Lipinski definition) is 2. The molecule has 3 rings (SSSR count). The highest BCUT2D eigenvalue weighted by Gasteiger charge is 2.27. The lowest BCUT2D eigenvalue weighted by Gasteiger charge is -2.22. The minimum absolute atomic E-state index is 0. The summed E-state index contributed by atoms with van der Waals surface area (Å²) in [6.07, 6.45) is 10.1. The third kappa shape index (κ3) is 5.45. The van der Waals surface area contributed by atoms with Crippen molar-refractivity contribution < 1.29 is 9.59 Å². The Morgan fingerprint density at radius 2 is 2.00 bits per heavy atom. The van der Waals surface area contributed by atoms with Crippen LogP contribution in [0.15, 0.2) is 12.4 Å². The van der Waals surface area contributed by atoms with Crippen LogP contribution in [0.4, 0.5) is 0 Å². The van der Waals surface area contributed by atoms with E-state index in [1.54, 1.807) is 17.1 Å². The first-order chi connectivity index (χ1) is 12.2. The lowest BCUT2D eigenvalue weighted by Crippen LogP contribution is -2.38. The largest absolute Gasteiger partial charge is 0.352 e. The molecule has 1 aromatic heterocycles. The van der Waals surface area contributed by atoms with Crippen LogP contribution in [-0.2, 0) is 11.3 Å². The van der Waals surface area contributed by atoms with Gasteiger partial charge in [0.05, 0.1) is 11.8 Å². The first-order valence-corrected chi connectivity index (χ1v) is 9.41. The van der Waals surface area contributed by atoms with Gasteiger partial charge in [0.15, 0.2) is 0 Å². The minimum atomic E-state index is -0.0238. The molecular weight excluding hydrogens is 354 g/mol. The summed E-state index contributed by atoms with van der Waals surface area (Å²) in [5.74, 6) is 0.507. The summed E-state index contributed by atoms with van der Waals surface area (Å²) in [4.78, 5) is 26.6. The number of halogens is 1. The Morgan fingerprint density at radius 1 is 1.23 bits per heavy atom. The van der Waals surface area contributed by atoms with Crippen molar-refractivity contribution in [1.29, 1.82) is 0 Å². The summed E-state index contributed by atoms with van der Waals surface area (Å²) in [6, 6.07) is 0.298. The first-order valence-electron chi connectivity index (χ1n) is 9.41. The maximum Gasteiger partial charge on any atom is 0.257 e. The van der Waals surface area contributed by atoms with Crippen molar-refractivity contribution in [3.8, 4) is 0 Å². The topological polar surface area (TPSA) is 79.3 Å². The molecule has 2 N–H and O–H groups in total. The monoisotopic (exact) mass is 383 g/mol. The van der Waals surface area contributed by atoms with Crippen LogP contribution >= 0.6 is 12.4 Å². The molecule has 2 heterocycles. The van der Waals surface area contributed by atoms with Crippen LogP contribution in [0, 0.1) is 5.92 Å². The fourth-order valence-electron chi connectivity index (χ4n) is 3.88. The fourth-order valence-corrected chi connectivity index (χ4v) is 3.88. The number of carbonyl (C=O) groups excluding carboxylic acids is 2. The third-order valence-electron chi connectivity index (χ3n) is 5.22. The van der Waals surface area contributed by atoms with E-state index < -0.39 is 0 Å². The Balaban J connectivity index is 0.00000243. The van der Waals surface area contributed by atoms with Crippen LogP contribution in [-0.4, -0.2) is 59.2 Å². The van der Waals surface area contributed by atoms with E-state index >= 15 is 0 Å². The molecular formula is C18H30ClN5O2. The quantitative estimate of drug-likeness (QED) is 0.779. The number of aromatic nitrogens is 2. The summed E-state index contributed by atoms with van der Waals surface area (Å²) in [5, 5.41) is 10.4. The van der Waals surface area contributed by atoms with E-state index in [0.717, 1.165) is 38.9 Å². The zero-order chi connectivity index (χ0) is 17.6. The van der Waals surface area contributed by atoms with Crippen molar-refractivity contribution in [2.45, 2.75) is 51.1 Å². The van der Waals surface area contributed by atoms with E-state index in [1.165, 1.54) is 19.3 Å². The number of nitrogens with one attached hydrogen (secondary N) is 2. The number of amides is 2. The van der Waals surface area contributed by atoms with Crippen LogP contribution in [0.1, 0.15) is 48.9 Å². The van der Waals surface area contributed by atoms with Crippen LogP contribution in [0.2, 0.25) is 0 Å². The molecule has 8 heteroatoms. The van der Waals surface area contributed by atoms with E-state index in [4.69, 9.17) is 0 Å². The Kier molecular flexibility index (Phi) is 7.90. The van der Waals surface area contributed by atoms with Gasteiger partial charge in [0.25, 0.3) is 5.91 Å². The normalized spacial score (nSPS) is 20.7. The maximum atomic E-state index is 12.6. The highest BCUT2D eigenvalue weighted by Crippen LogP contribution is 2.18. The Morgan fingerprint density at radius 3 is 2.73 bits per heavy atom. The molecule has 26 heavy (non-hydrogen) atoms. The molecule has 0 aromatic carbocycles.